The van der Waals surface area contributed by atoms with E-state index in [1.165, 1.54) is 103 Å². The molecule has 5 aliphatic carbocycles. The van der Waals surface area contributed by atoms with Crippen LogP contribution in [0.15, 0.2) is 0 Å². The Morgan fingerprint density at radius 2 is 0.686 bits per heavy atom. The molecule has 4 saturated heterocycles. The molecule has 4 aliphatic heterocycles. The minimum Gasteiger partial charge on any atom is -0.372 e. The second-order valence-electron chi connectivity index (χ2n) is 14.0. The molecule has 9 fully saturated rings. The highest BCUT2D eigenvalue weighted by molar-refractivity contribution is 5.24. The van der Waals surface area contributed by atoms with Crippen molar-refractivity contribution in [2.24, 2.45) is 0 Å². The maximum absolute atomic E-state index is 7.17. The first-order valence-electron chi connectivity index (χ1n) is 16.0. The third-order valence-electron chi connectivity index (χ3n) is 12.7. The summed E-state index contributed by atoms with van der Waals surface area (Å²) in [7, 11) is 0. The van der Waals surface area contributed by atoms with E-state index in [0.717, 1.165) is 30.6 Å². The maximum Gasteiger partial charge on any atom is 0.0776 e. The van der Waals surface area contributed by atoms with Crippen LogP contribution in [0.3, 0.4) is 0 Å². The topological polar surface area (TPSA) is 28.2 Å². The van der Waals surface area contributed by atoms with Gasteiger partial charge in [0, 0.05) is 48.7 Å². The van der Waals surface area contributed by atoms with Crippen LogP contribution in [0.2, 0.25) is 0 Å². The second kappa shape index (κ2) is 8.15. The molecular weight excluding hydrogens is 434 g/mol. The van der Waals surface area contributed by atoms with Crippen LogP contribution < -0.4 is 0 Å². The van der Waals surface area contributed by atoms with Gasteiger partial charge in [-0.05, 0) is 51.4 Å². The molecule has 0 N–H and O–H groups in total. The molecule has 0 spiro atoms. The first-order valence-corrected chi connectivity index (χ1v) is 16.0. The van der Waals surface area contributed by atoms with E-state index >= 15 is 0 Å². The molecule has 9 rings (SSSR count). The Bertz CT molecular complexity index is 774. The summed E-state index contributed by atoms with van der Waals surface area (Å²) in [5.74, 6) is 0. The molecule has 0 aromatic heterocycles. The summed E-state index contributed by atoms with van der Waals surface area (Å²) in [6.45, 7) is 0. The fourth-order valence-corrected chi connectivity index (χ4v) is 11.8. The number of nitrogens with zero attached hydrogens (tertiary/aromatic N) is 3. The lowest BCUT2D eigenvalue weighted by molar-refractivity contribution is -0.318. The first kappa shape index (κ1) is 21.7. The molecule has 9 aliphatic rings. The number of morpholine rings is 2. The average Bonchev–Trinajstić information content (AvgIpc) is 2.92. The zero-order valence-electron chi connectivity index (χ0n) is 21.7. The van der Waals surface area contributed by atoms with Crippen molar-refractivity contribution in [1.29, 1.82) is 0 Å². The van der Waals surface area contributed by atoms with Crippen LogP contribution in [0.4, 0.5) is 0 Å². The van der Waals surface area contributed by atoms with E-state index in [4.69, 9.17) is 9.47 Å². The molecular formula is C30H47N3O2. The third-order valence-corrected chi connectivity index (χ3v) is 12.7. The van der Waals surface area contributed by atoms with Gasteiger partial charge in [0.15, 0.2) is 0 Å². The number of hydrogen-bond donors (Lipinski definition) is 0. The Labute approximate surface area is 212 Å². The molecule has 194 valence electrons. The maximum atomic E-state index is 7.17. The van der Waals surface area contributed by atoms with Gasteiger partial charge in [-0.3, -0.25) is 14.7 Å². The van der Waals surface area contributed by atoms with Crippen LogP contribution in [0.25, 0.3) is 0 Å². The largest absolute Gasteiger partial charge is 0.372 e. The monoisotopic (exact) mass is 481 g/mol. The van der Waals surface area contributed by atoms with Crippen LogP contribution in [0.1, 0.15) is 109 Å². The summed E-state index contributed by atoms with van der Waals surface area (Å²) < 4.78 is 14.3. The van der Waals surface area contributed by atoms with Gasteiger partial charge in [-0.25, -0.2) is 0 Å². The lowest BCUT2D eigenvalue weighted by Gasteiger charge is -2.75. The zero-order valence-corrected chi connectivity index (χ0v) is 21.7. The van der Waals surface area contributed by atoms with E-state index in [1.54, 1.807) is 0 Å². The van der Waals surface area contributed by atoms with Gasteiger partial charge in [0.2, 0.25) is 0 Å². The molecule has 12 unspecified atom stereocenters. The molecule has 5 saturated carbocycles. The number of piperazine rings is 2. The molecule has 5 heteroatoms. The molecule has 4 heterocycles. The Kier molecular flexibility index (Phi) is 5.05. The molecule has 5 nitrogen and oxygen atoms in total. The summed E-state index contributed by atoms with van der Waals surface area (Å²) >= 11 is 0. The van der Waals surface area contributed by atoms with Gasteiger partial charge >= 0.3 is 0 Å². The quantitative estimate of drug-likeness (QED) is 0.476. The van der Waals surface area contributed by atoms with Crippen LogP contribution >= 0.6 is 0 Å². The van der Waals surface area contributed by atoms with Crippen LogP contribution in [-0.2, 0) is 9.47 Å². The van der Waals surface area contributed by atoms with Gasteiger partial charge in [-0.15, -0.1) is 0 Å². The molecule has 0 radical (unpaired) electrons. The van der Waals surface area contributed by atoms with Crippen LogP contribution in [0.5, 0.6) is 0 Å². The standard InChI is InChI=1S/C30H47N3O2/c1-3-11-20-18(9-1)31-19-10-2-4-12-21(19)33-23-14-6-8-16-25(23)35-27-17-26-28(30(31)29(27)33)32(20)22-13-5-7-15-24(22)34-26/h18-30H,1-17H2. The Hall–Kier alpha value is -0.200. The SMILES string of the molecule is C1CCC2C(C1)OC1CC3OC4CCCCC4N4C5CCCCC5N5C6CCCCC6N2C1C5C34. The minimum atomic E-state index is 0.396. The second-order valence-corrected chi connectivity index (χ2v) is 14.0. The van der Waals surface area contributed by atoms with Gasteiger partial charge in [-0.1, -0.05) is 51.4 Å². The van der Waals surface area contributed by atoms with Crippen molar-refractivity contribution in [3.05, 3.63) is 0 Å². The lowest BCUT2D eigenvalue weighted by Crippen LogP contribution is -2.89. The number of ether oxygens (including phenoxy) is 2. The van der Waals surface area contributed by atoms with E-state index in [2.05, 4.69) is 14.7 Å². The number of rotatable bonds is 0. The minimum absolute atomic E-state index is 0.396. The predicted octanol–water partition coefficient (Wildman–Crippen LogP) is 4.47. The number of hydrogen-bond acceptors (Lipinski definition) is 5. The van der Waals surface area contributed by atoms with Gasteiger partial charge in [0.1, 0.15) is 0 Å². The van der Waals surface area contributed by atoms with Crippen LogP contribution in [-0.4, -0.2) is 93.5 Å². The molecule has 0 bridgehead atoms. The summed E-state index contributed by atoms with van der Waals surface area (Å²) in [4.78, 5) is 9.61. The first-order chi connectivity index (χ1) is 17.4. The van der Waals surface area contributed by atoms with Crippen molar-refractivity contribution in [3.8, 4) is 0 Å². The Morgan fingerprint density at radius 3 is 1.11 bits per heavy atom. The van der Waals surface area contributed by atoms with Crippen LogP contribution in [0, 0.1) is 0 Å². The number of fused-ring (bicyclic) bond motifs is 10. The van der Waals surface area contributed by atoms with E-state index in [0.29, 0.717) is 54.6 Å². The van der Waals surface area contributed by atoms with Gasteiger partial charge in [0.25, 0.3) is 0 Å². The Morgan fingerprint density at radius 1 is 0.343 bits per heavy atom. The highest BCUT2D eigenvalue weighted by atomic mass is 16.5. The summed E-state index contributed by atoms with van der Waals surface area (Å²) in [5, 5.41) is 0. The smallest absolute Gasteiger partial charge is 0.0776 e. The van der Waals surface area contributed by atoms with E-state index in [9.17, 15) is 0 Å². The highest BCUT2D eigenvalue weighted by Gasteiger charge is 2.69. The molecule has 0 amide bonds. The van der Waals surface area contributed by atoms with Gasteiger partial charge in [-0.2, -0.15) is 0 Å². The molecule has 35 heavy (non-hydrogen) atoms. The van der Waals surface area contributed by atoms with Crippen molar-refractivity contribution in [2.75, 3.05) is 0 Å². The Balaban J connectivity index is 1.20. The van der Waals surface area contributed by atoms with Crippen molar-refractivity contribution in [2.45, 2.75) is 188 Å². The molecule has 12 atom stereocenters. The normalized spacial score (nSPS) is 57.8. The van der Waals surface area contributed by atoms with Crippen molar-refractivity contribution in [3.63, 3.8) is 0 Å². The van der Waals surface area contributed by atoms with E-state index < -0.39 is 0 Å². The predicted molar refractivity (Wildman–Crippen MR) is 135 cm³/mol. The summed E-state index contributed by atoms with van der Waals surface area (Å²) in [5.41, 5.74) is 0. The van der Waals surface area contributed by atoms with Crippen molar-refractivity contribution in [1.82, 2.24) is 14.7 Å². The zero-order chi connectivity index (χ0) is 22.7. The fourth-order valence-electron chi connectivity index (χ4n) is 11.8. The summed E-state index contributed by atoms with van der Waals surface area (Å²) in [6, 6.07) is 6.43. The average molecular weight is 482 g/mol. The van der Waals surface area contributed by atoms with E-state index in [1.807, 2.05) is 0 Å². The summed E-state index contributed by atoms with van der Waals surface area (Å²) in [6.07, 6.45) is 25.5. The molecule has 0 aromatic carbocycles. The van der Waals surface area contributed by atoms with Gasteiger partial charge < -0.3 is 9.47 Å². The third kappa shape index (κ3) is 2.94. The fraction of sp³-hybridized carbons (Fsp3) is 1.00. The highest BCUT2D eigenvalue weighted by Crippen LogP contribution is 2.56. The van der Waals surface area contributed by atoms with Crippen molar-refractivity contribution < 1.29 is 9.47 Å². The molecule has 0 aromatic rings. The lowest BCUT2D eigenvalue weighted by atomic mass is 9.64. The van der Waals surface area contributed by atoms with E-state index in [-0.39, 0.29) is 0 Å². The van der Waals surface area contributed by atoms with Crippen molar-refractivity contribution >= 4 is 0 Å². The van der Waals surface area contributed by atoms with Gasteiger partial charge in [0.05, 0.1) is 36.5 Å².